The van der Waals surface area contributed by atoms with Crippen molar-refractivity contribution in [3.05, 3.63) is 77.4 Å². The van der Waals surface area contributed by atoms with Crippen LogP contribution in [0.15, 0.2) is 60.7 Å². The highest BCUT2D eigenvalue weighted by atomic mass is 16.5. The maximum Gasteiger partial charge on any atom is 0.338 e. The van der Waals surface area contributed by atoms with Crippen LogP contribution < -0.4 is 15.5 Å². The standard InChI is InChI=1S/C23H17N3O6/c1-24-23(31)25-18(27)12-32-22(30)14-8-10-15(11-9-14)26-20(28)16-6-2-4-13-5-3-7-17(19(13)16)21(26)29/h2-11H,12H2,1H3,(H2,24,25,27,31). The molecule has 1 aliphatic rings. The first kappa shape index (κ1) is 20.7. The Balaban J connectivity index is 1.53. The second kappa shape index (κ2) is 8.31. The molecule has 0 spiro atoms. The van der Waals surface area contributed by atoms with Gasteiger partial charge in [-0.3, -0.25) is 19.7 Å². The van der Waals surface area contributed by atoms with Gasteiger partial charge in [-0.2, -0.15) is 0 Å². The van der Waals surface area contributed by atoms with Crippen molar-refractivity contribution in [2.24, 2.45) is 0 Å². The van der Waals surface area contributed by atoms with Gasteiger partial charge in [-0.05, 0) is 41.8 Å². The van der Waals surface area contributed by atoms with E-state index in [2.05, 4.69) is 5.32 Å². The van der Waals surface area contributed by atoms with Crippen LogP contribution in [0, 0.1) is 0 Å². The Morgan fingerprint density at radius 3 is 2.03 bits per heavy atom. The van der Waals surface area contributed by atoms with E-state index in [0.29, 0.717) is 22.2 Å². The zero-order valence-corrected chi connectivity index (χ0v) is 16.9. The molecule has 9 nitrogen and oxygen atoms in total. The molecule has 2 N–H and O–H groups in total. The van der Waals surface area contributed by atoms with Gasteiger partial charge in [0, 0.05) is 23.6 Å². The lowest BCUT2D eigenvalue weighted by molar-refractivity contribution is -0.123. The van der Waals surface area contributed by atoms with Crippen molar-refractivity contribution in [2.75, 3.05) is 18.6 Å². The van der Waals surface area contributed by atoms with Crippen molar-refractivity contribution in [1.82, 2.24) is 10.6 Å². The number of imide groups is 2. The smallest absolute Gasteiger partial charge is 0.338 e. The van der Waals surface area contributed by atoms with E-state index < -0.39 is 36.3 Å². The fourth-order valence-electron chi connectivity index (χ4n) is 3.45. The van der Waals surface area contributed by atoms with Crippen LogP contribution in [0.3, 0.4) is 0 Å². The van der Waals surface area contributed by atoms with E-state index in [-0.39, 0.29) is 5.56 Å². The number of hydrogen-bond donors (Lipinski definition) is 2. The maximum absolute atomic E-state index is 13.1. The number of benzene rings is 3. The zero-order valence-electron chi connectivity index (χ0n) is 16.9. The minimum Gasteiger partial charge on any atom is -0.452 e. The van der Waals surface area contributed by atoms with Crippen molar-refractivity contribution in [1.29, 1.82) is 0 Å². The molecule has 0 atom stereocenters. The molecule has 0 saturated heterocycles. The Morgan fingerprint density at radius 1 is 0.875 bits per heavy atom. The van der Waals surface area contributed by atoms with Crippen LogP contribution >= 0.6 is 0 Å². The molecule has 0 aliphatic carbocycles. The molecule has 160 valence electrons. The number of nitrogens with one attached hydrogen (secondary N) is 2. The number of amides is 5. The molecule has 0 radical (unpaired) electrons. The van der Waals surface area contributed by atoms with E-state index in [1.165, 1.54) is 31.3 Å². The first-order valence-electron chi connectivity index (χ1n) is 9.60. The monoisotopic (exact) mass is 431 g/mol. The minimum absolute atomic E-state index is 0.112. The lowest BCUT2D eigenvalue weighted by Crippen LogP contribution is -2.40. The number of anilines is 1. The fraction of sp³-hybridized carbons (Fsp3) is 0.0870. The van der Waals surface area contributed by atoms with Crippen molar-refractivity contribution in [3.8, 4) is 0 Å². The number of nitrogens with zero attached hydrogens (tertiary/aromatic N) is 1. The highest BCUT2D eigenvalue weighted by molar-refractivity contribution is 6.35. The van der Waals surface area contributed by atoms with Crippen LogP contribution in [0.25, 0.3) is 10.8 Å². The molecule has 32 heavy (non-hydrogen) atoms. The zero-order chi connectivity index (χ0) is 22.8. The topological polar surface area (TPSA) is 122 Å². The number of carbonyl (C=O) groups is 5. The van der Waals surface area contributed by atoms with Crippen molar-refractivity contribution < 1.29 is 28.7 Å². The summed E-state index contributed by atoms with van der Waals surface area (Å²) in [6.45, 7) is -0.641. The van der Waals surface area contributed by atoms with E-state index in [1.54, 1.807) is 24.3 Å². The van der Waals surface area contributed by atoms with Gasteiger partial charge in [0.15, 0.2) is 6.61 Å². The van der Waals surface area contributed by atoms with Crippen molar-refractivity contribution in [3.63, 3.8) is 0 Å². The molecule has 0 unspecified atom stereocenters. The predicted molar refractivity (Wildman–Crippen MR) is 114 cm³/mol. The van der Waals surface area contributed by atoms with Crippen molar-refractivity contribution in [2.45, 2.75) is 0 Å². The molecule has 0 saturated carbocycles. The summed E-state index contributed by atoms with van der Waals surface area (Å²) < 4.78 is 4.87. The molecule has 3 aromatic rings. The molecule has 1 heterocycles. The summed E-state index contributed by atoms with van der Waals surface area (Å²) in [6, 6.07) is 15.5. The van der Waals surface area contributed by atoms with Gasteiger partial charge in [0.1, 0.15) is 0 Å². The average molecular weight is 431 g/mol. The van der Waals surface area contributed by atoms with Gasteiger partial charge in [-0.25, -0.2) is 14.5 Å². The van der Waals surface area contributed by atoms with Gasteiger partial charge >= 0.3 is 12.0 Å². The van der Waals surface area contributed by atoms with Gasteiger partial charge in [0.05, 0.1) is 11.3 Å². The van der Waals surface area contributed by atoms with Gasteiger partial charge in [-0.15, -0.1) is 0 Å². The summed E-state index contributed by atoms with van der Waals surface area (Å²) in [7, 11) is 1.34. The number of urea groups is 1. The Morgan fingerprint density at radius 2 is 1.47 bits per heavy atom. The van der Waals surface area contributed by atoms with E-state index in [0.717, 1.165) is 10.3 Å². The van der Waals surface area contributed by atoms with Gasteiger partial charge < -0.3 is 10.1 Å². The Labute approximate surface area is 181 Å². The van der Waals surface area contributed by atoms with Gasteiger partial charge in [-0.1, -0.05) is 24.3 Å². The molecule has 4 rings (SSSR count). The van der Waals surface area contributed by atoms with Crippen LogP contribution in [0.2, 0.25) is 0 Å². The summed E-state index contributed by atoms with van der Waals surface area (Å²) >= 11 is 0. The Kier molecular flexibility index (Phi) is 5.38. The molecule has 5 amide bonds. The summed E-state index contributed by atoms with van der Waals surface area (Å²) in [5.74, 6) is -2.50. The van der Waals surface area contributed by atoms with Crippen LogP contribution in [0.4, 0.5) is 10.5 Å². The lowest BCUT2D eigenvalue weighted by Gasteiger charge is -2.27. The summed E-state index contributed by atoms with van der Waals surface area (Å²) in [5, 5.41) is 5.60. The summed E-state index contributed by atoms with van der Waals surface area (Å²) in [4.78, 5) is 61.9. The summed E-state index contributed by atoms with van der Waals surface area (Å²) in [5.41, 5.74) is 1.24. The quantitative estimate of drug-likeness (QED) is 0.483. The number of hydrogen-bond acceptors (Lipinski definition) is 6. The second-order valence-electron chi connectivity index (χ2n) is 6.91. The van der Waals surface area contributed by atoms with Crippen LogP contribution in [-0.4, -0.2) is 43.4 Å². The van der Waals surface area contributed by atoms with E-state index >= 15 is 0 Å². The SMILES string of the molecule is CNC(=O)NC(=O)COC(=O)c1ccc(N2C(=O)c3cccc4cccc(c34)C2=O)cc1. The van der Waals surface area contributed by atoms with Crippen LogP contribution in [0.5, 0.6) is 0 Å². The lowest BCUT2D eigenvalue weighted by atomic mass is 9.94. The van der Waals surface area contributed by atoms with E-state index in [1.807, 2.05) is 17.4 Å². The normalized spacial score (nSPS) is 12.5. The molecule has 1 aliphatic heterocycles. The predicted octanol–water partition coefficient (Wildman–Crippen LogP) is 2.25. The fourth-order valence-corrected chi connectivity index (χ4v) is 3.45. The molecule has 0 bridgehead atoms. The third-order valence-corrected chi connectivity index (χ3v) is 4.95. The Hall–Kier alpha value is -4.53. The molecule has 9 heteroatoms. The van der Waals surface area contributed by atoms with Crippen molar-refractivity contribution >= 4 is 46.2 Å². The number of carbonyl (C=O) groups excluding carboxylic acids is 5. The van der Waals surface area contributed by atoms with Crippen LogP contribution in [-0.2, 0) is 9.53 Å². The third-order valence-electron chi connectivity index (χ3n) is 4.95. The molecular formula is C23H17N3O6. The number of esters is 1. The average Bonchev–Trinajstić information content (AvgIpc) is 2.81. The third kappa shape index (κ3) is 3.67. The Bertz CT molecular complexity index is 1230. The number of ether oxygens (including phenoxy) is 1. The van der Waals surface area contributed by atoms with E-state index in [4.69, 9.17) is 4.74 Å². The number of rotatable bonds is 4. The minimum atomic E-state index is -0.796. The molecule has 0 fully saturated rings. The van der Waals surface area contributed by atoms with Gasteiger partial charge in [0.25, 0.3) is 17.7 Å². The van der Waals surface area contributed by atoms with Crippen LogP contribution in [0.1, 0.15) is 31.1 Å². The molecular weight excluding hydrogens is 414 g/mol. The largest absolute Gasteiger partial charge is 0.452 e. The van der Waals surface area contributed by atoms with E-state index in [9.17, 15) is 24.0 Å². The highest BCUT2D eigenvalue weighted by Gasteiger charge is 2.33. The summed E-state index contributed by atoms with van der Waals surface area (Å²) in [6.07, 6.45) is 0. The molecule has 0 aromatic heterocycles. The first-order chi connectivity index (χ1) is 15.4. The highest BCUT2D eigenvalue weighted by Crippen LogP contribution is 2.32. The second-order valence-corrected chi connectivity index (χ2v) is 6.91. The van der Waals surface area contributed by atoms with Gasteiger partial charge in [0.2, 0.25) is 0 Å². The maximum atomic E-state index is 13.1. The molecule has 3 aromatic carbocycles. The first-order valence-corrected chi connectivity index (χ1v) is 9.60.